The third-order valence-corrected chi connectivity index (χ3v) is 6.69. The van der Waals surface area contributed by atoms with Gasteiger partial charge >= 0.3 is 0 Å². The molecule has 0 aliphatic rings. The van der Waals surface area contributed by atoms with Crippen molar-refractivity contribution >= 4 is 7.82 Å². The summed E-state index contributed by atoms with van der Waals surface area (Å²) in [5.41, 5.74) is 0. The summed E-state index contributed by atoms with van der Waals surface area (Å²) in [7, 11) is 1.59. The van der Waals surface area contributed by atoms with Crippen molar-refractivity contribution in [3.63, 3.8) is 0 Å². The topological polar surface area (TPSA) is 77.1 Å². The van der Waals surface area contributed by atoms with E-state index in [9.17, 15) is 9.46 Å². The predicted molar refractivity (Wildman–Crippen MR) is 139 cm³/mol. The fourth-order valence-corrected chi connectivity index (χ4v) is 4.20. The van der Waals surface area contributed by atoms with E-state index in [0.29, 0.717) is 30.8 Å². The standard InChI is InChI=1S/C26H56NO6P/c1-6-8-10-12-14-16-18-21-30-24-26(31-22-19-17-15-13-11-9-7-2)25-33-34(28,29)32-23-20-27(3,4)5/h26H,6-25H2,1-5H3. The van der Waals surface area contributed by atoms with Crippen LogP contribution in [0.25, 0.3) is 0 Å². The van der Waals surface area contributed by atoms with E-state index in [-0.39, 0.29) is 13.2 Å². The molecule has 0 saturated heterocycles. The van der Waals surface area contributed by atoms with Gasteiger partial charge in [-0.25, -0.2) is 0 Å². The molecule has 0 saturated carbocycles. The Bertz CT molecular complexity index is 486. The van der Waals surface area contributed by atoms with E-state index in [2.05, 4.69) is 13.8 Å². The number of likely N-dealkylation sites (N-methyl/N-ethyl adjacent to an activating group) is 1. The molecule has 0 aliphatic heterocycles. The van der Waals surface area contributed by atoms with E-state index in [1.54, 1.807) is 0 Å². The molecule has 0 rings (SSSR count). The zero-order chi connectivity index (χ0) is 25.5. The van der Waals surface area contributed by atoms with Gasteiger partial charge in [0.1, 0.15) is 19.3 Å². The lowest BCUT2D eigenvalue weighted by Gasteiger charge is -2.28. The number of phosphoric acid groups is 1. The van der Waals surface area contributed by atoms with Crippen molar-refractivity contribution < 1.29 is 32.5 Å². The van der Waals surface area contributed by atoms with Crippen molar-refractivity contribution in [2.45, 2.75) is 110 Å². The Hall–Kier alpha value is -0.0100. The summed E-state index contributed by atoms with van der Waals surface area (Å²) in [5, 5.41) is 0. The normalized spacial score (nSPS) is 14.9. The highest BCUT2D eigenvalue weighted by atomic mass is 31.2. The van der Waals surface area contributed by atoms with Gasteiger partial charge in [0.15, 0.2) is 0 Å². The second kappa shape index (κ2) is 22.2. The molecule has 0 aromatic carbocycles. The monoisotopic (exact) mass is 509 g/mol. The number of quaternary nitrogens is 1. The van der Waals surface area contributed by atoms with E-state index in [4.69, 9.17) is 18.5 Å². The van der Waals surface area contributed by atoms with Gasteiger partial charge in [0, 0.05) is 13.2 Å². The Balaban J connectivity index is 4.24. The van der Waals surface area contributed by atoms with Crippen LogP contribution in [0, 0.1) is 0 Å². The molecule has 0 amide bonds. The summed E-state index contributed by atoms with van der Waals surface area (Å²) in [4.78, 5) is 12.1. The Morgan fingerprint density at radius 1 is 0.676 bits per heavy atom. The van der Waals surface area contributed by atoms with Gasteiger partial charge in [-0.15, -0.1) is 0 Å². The van der Waals surface area contributed by atoms with E-state index in [1.165, 1.54) is 70.6 Å². The first-order valence-corrected chi connectivity index (χ1v) is 15.3. The molecular formula is C26H56NO6P. The van der Waals surface area contributed by atoms with Crippen molar-refractivity contribution in [2.24, 2.45) is 0 Å². The summed E-state index contributed by atoms with van der Waals surface area (Å²) < 4.78 is 34.6. The van der Waals surface area contributed by atoms with Crippen molar-refractivity contribution in [1.29, 1.82) is 0 Å². The molecule has 0 aromatic heterocycles. The minimum atomic E-state index is -4.35. The first-order valence-electron chi connectivity index (χ1n) is 13.8. The summed E-state index contributed by atoms with van der Waals surface area (Å²) in [6.07, 6.45) is 16.7. The zero-order valence-corrected chi connectivity index (χ0v) is 24.0. The molecular weight excluding hydrogens is 453 g/mol. The second-order valence-electron chi connectivity index (χ2n) is 10.4. The number of nitrogens with zero attached hydrogens (tertiary/aromatic N) is 1. The lowest BCUT2D eigenvalue weighted by molar-refractivity contribution is -0.870. The van der Waals surface area contributed by atoms with Crippen LogP contribution < -0.4 is 4.89 Å². The number of ether oxygens (including phenoxy) is 2. The van der Waals surface area contributed by atoms with Crippen LogP contribution in [0.2, 0.25) is 0 Å². The van der Waals surface area contributed by atoms with Crippen LogP contribution in [0.4, 0.5) is 0 Å². The number of phosphoric ester groups is 1. The van der Waals surface area contributed by atoms with E-state index in [1.807, 2.05) is 21.1 Å². The van der Waals surface area contributed by atoms with Gasteiger partial charge < -0.3 is 27.9 Å². The highest BCUT2D eigenvalue weighted by Crippen LogP contribution is 2.38. The SMILES string of the molecule is CCCCCCCCCOCC(COP(=O)([O-])OCC[N+](C)(C)C)OCCCCCCCCC. The van der Waals surface area contributed by atoms with Crippen LogP contribution in [0.5, 0.6) is 0 Å². The molecule has 2 unspecified atom stereocenters. The molecule has 0 radical (unpaired) electrons. The van der Waals surface area contributed by atoms with Crippen LogP contribution in [0.1, 0.15) is 104 Å². The molecule has 206 valence electrons. The fraction of sp³-hybridized carbons (Fsp3) is 1.00. The number of hydrogen-bond acceptors (Lipinski definition) is 6. The van der Waals surface area contributed by atoms with Crippen molar-refractivity contribution in [2.75, 3.05) is 60.7 Å². The Morgan fingerprint density at radius 3 is 1.71 bits per heavy atom. The highest BCUT2D eigenvalue weighted by molar-refractivity contribution is 7.45. The van der Waals surface area contributed by atoms with Crippen LogP contribution in [-0.2, 0) is 23.1 Å². The molecule has 0 N–H and O–H groups in total. The molecule has 2 atom stereocenters. The Morgan fingerprint density at radius 2 is 1.18 bits per heavy atom. The third kappa shape index (κ3) is 25.1. The molecule has 8 heteroatoms. The largest absolute Gasteiger partial charge is 0.756 e. The molecule has 34 heavy (non-hydrogen) atoms. The number of rotatable bonds is 26. The van der Waals surface area contributed by atoms with Crippen molar-refractivity contribution in [3.8, 4) is 0 Å². The summed E-state index contributed by atoms with van der Waals surface area (Å²) in [6, 6.07) is 0. The van der Waals surface area contributed by atoms with Crippen LogP contribution in [-0.4, -0.2) is 71.3 Å². The molecule has 0 spiro atoms. The maximum Gasteiger partial charge on any atom is 0.268 e. The average molecular weight is 510 g/mol. The predicted octanol–water partition coefficient (Wildman–Crippen LogP) is 6.10. The summed E-state index contributed by atoms with van der Waals surface area (Å²) in [5.74, 6) is 0. The third-order valence-electron chi connectivity index (χ3n) is 5.73. The smallest absolute Gasteiger partial charge is 0.268 e. The Labute approximate surface area is 211 Å². The Kier molecular flexibility index (Phi) is 22.2. The molecule has 0 fully saturated rings. The number of hydrogen-bond donors (Lipinski definition) is 0. The lowest BCUT2D eigenvalue weighted by Crippen LogP contribution is -2.37. The maximum absolute atomic E-state index is 12.1. The van der Waals surface area contributed by atoms with Gasteiger partial charge in [0.2, 0.25) is 0 Å². The zero-order valence-electron chi connectivity index (χ0n) is 23.1. The van der Waals surface area contributed by atoms with Crippen LogP contribution in [0.15, 0.2) is 0 Å². The second-order valence-corrected chi connectivity index (χ2v) is 11.8. The molecule has 7 nitrogen and oxygen atoms in total. The quantitative estimate of drug-likeness (QED) is 0.0797. The van der Waals surface area contributed by atoms with Gasteiger partial charge in [-0.3, -0.25) is 4.57 Å². The van der Waals surface area contributed by atoms with Gasteiger partial charge in [0.05, 0.1) is 34.4 Å². The van der Waals surface area contributed by atoms with Gasteiger partial charge in [-0.05, 0) is 12.8 Å². The molecule has 0 heterocycles. The van der Waals surface area contributed by atoms with Gasteiger partial charge in [-0.1, -0.05) is 90.9 Å². The minimum Gasteiger partial charge on any atom is -0.756 e. The summed E-state index contributed by atoms with van der Waals surface area (Å²) in [6.45, 7) is 6.66. The maximum atomic E-state index is 12.1. The number of unbranched alkanes of at least 4 members (excludes halogenated alkanes) is 12. The van der Waals surface area contributed by atoms with Crippen LogP contribution >= 0.6 is 7.82 Å². The average Bonchev–Trinajstić information content (AvgIpc) is 2.76. The van der Waals surface area contributed by atoms with Crippen molar-refractivity contribution in [3.05, 3.63) is 0 Å². The van der Waals surface area contributed by atoms with E-state index >= 15 is 0 Å². The molecule has 0 aliphatic carbocycles. The van der Waals surface area contributed by atoms with E-state index < -0.39 is 13.9 Å². The van der Waals surface area contributed by atoms with Crippen LogP contribution in [0.3, 0.4) is 0 Å². The fourth-order valence-electron chi connectivity index (χ4n) is 3.47. The van der Waals surface area contributed by atoms with Gasteiger partial charge in [0.25, 0.3) is 7.82 Å². The first-order chi connectivity index (χ1) is 16.2. The summed E-state index contributed by atoms with van der Waals surface area (Å²) >= 11 is 0. The first kappa shape index (κ1) is 34.0. The molecule has 0 aromatic rings. The van der Waals surface area contributed by atoms with Gasteiger partial charge in [-0.2, -0.15) is 0 Å². The highest BCUT2D eigenvalue weighted by Gasteiger charge is 2.17. The lowest BCUT2D eigenvalue weighted by atomic mass is 10.1. The minimum absolute atomic E-state index is 0.0708. The van der Waals surface area contributed by atoms with Crippen molar-refractivity contribution in [1.82, 2.24) is 0 Å². The van der Waals surface area contributed by atoms with E-state index in [0.717, 1.165) is 19.3 Å². The molecule has 0 bridgehead atoms.